The van der Waals surface area contributed by atoms with Crippen molar-refractivity contribution >= 4 is 11.8 Å². The fourth-order valence-electron chi connectivity index (χ4n) is 2.55. The molecule has 0 fully saturated rings. The van der Waals surface area contributed by atoms with Gasteiger partial charge in [0, 0.05) is 7.11 Å². The van der Waals surface area contributed by atoms with Gasteiger partial charge in [-0.1, -0.05) is 24.6 Å². The molecule has 138 valence electrons. The second-order valence-corrected chi connectivity index (χ2v) is 6.22. The van der Waals surface area contributed by atoms with E-state index in [-0.39, 0.29) is 33.7 Å². The molecule has 0 amide bonds. The number of methoxy groups -OCH3 is 1. The molecule has 1 heterocycles. The van der Waals surface area contributed by atoms with Crippen LogP contribution in [0.2, 0.25) is 0 Å². The van der Waals surface area contributed by atoms with Crippen LogP contribution in [0.4, 0.5) is 0 Å². The van der Waals surface area contributed by atoms with E-state index < -0.39 is 0 Å². The summed E-state index contributed by atoms with van der Waals surface area (Å²) in [6.45, 7) is 5.62. The maximum absolute atomic E-state index is 13.1. The van der Waals surface area contributed by atoms with Crippen LogP contribution in [0.5, 0.6) is 5.75 Å². The van der Waals surface area contributed by atoms with Crippen molar-refractivity contribution in [1.82, 2.24) is 0 Å². The summed E-state index contributed by atoms with van der Waals surface area (Å²) in [5.41, 5.74) is 1.66. The highest BCUT2D eigenvalue weighted by Crippen LogP contribution is 2.17. The number of phenolic OH excluding ortho intramolecular Hbond substituents is 1. The van der Waals surface area contributed by atoms with E-state index in [1.165, 1.54) is 18.4 Å². The first kappa shape index (κ1) is 19.5. The van der Waals surface area contributed by atoms with Crippen LogP contribution in [0.15, 0.2) is 51.4 Å². The topological polar surface area (TPSA) is 79.9 Å². The maximum Gasteiger partial charge on any atom is 0.200 e. The number of aliphatic hydroxyl groups excluding tert-OH is 1. The molecule has 1 aromatic heterocycles. The monoisotopic (exact) mass is 356 g/mol. The Balaban J connectivity index is 2.86. The lowest BCUT2D eigenvalue weighted by atomic mass is 10.1. The van der Waals surface area contributed by atoms with Crippen LogP contribution in [0.3, 0.4) is 0 Å². The second-order valence-electron chi connectivity index (χ2n) is 6.22. The Kier molecular flexibility index (Phi) is 6.41. The van der Waals surface area contributed by atoms with Gasteiger partial charge in [-0.2, -0.15) is 0 Å². The number of phenols is 1. The van der Waals surface area contributed by atoms with Crippen molar-refractivity contribution < 1.29 is 19.4 Å². The van der Waals surface area contributed by atoms with E-state index in [0.29, 0.717) is 17.5 Å². The summed E-state index contributed by atoms with van der Waals surface area (Å²) in [6, 6.07) is 6.28. The molecular formula is C21H24O5. The van der Waals surface area contributed by atoms with Gasteiger partial charge < -0.3 is 19.4 Å². The summed E-state index contributed by atoms with van der Waals surface area (Å²) in [5.74, 6) is -0.00179. The van der Waals surface area contributed by atoms with Crippen molar-refractivity contribution in [2.45, 2.75) is 33.3 Å². The number of allylic oxidation sites excluding steroid dienone is 1. The molecule has 0 bridgehead atoms. The van der Waals surface area contributed by atoms with Crippen molar-refractivity contribution in [2.75, 3.05) is 7.11 Å². The van der Waals surface area contributed by atoms with Crippen LogP contribution in [-0.4, -0.2) is 23.4 Å². The standard InChI is InChI=1S/C21H24O5/c1-5-16(25-4)11-17-20(24)18(14-6-8-15(22)9-7-14)12-26-21(17)19(23)10-13(2)3/h6-12,16,22-23H,5H2,1-4H3/b17-11-,21-19-. The number of aliphatic hydroxyl groups is 1. The largest absolute Gasteiger partial charge is 0.508 e. The highest BCUT2D eigenvalue weighted by atomic mass is 16.5. The normalized spacial score (nSPS) is 14.1. The molecule has 0 spiro atoms. The van der Waals surface area contributed by atoms with E-state index in [2.05, 4.69) is 0 Å². The highest BCUT2D eigenvalue weighted by molar-refractivity contribution is 5.63. The van der Waals surface area contributed by atoms with E-state index in [9.17, 15) is 15.0 Å². The second kappa shape index (κ2) is 8.54. The van der Waals surface area contributed by atoms with Crippen LogP contribution in [-0.2, 0) is 4.74 Å². The summed E-state index contributed by atoms with van der Waals surface area (Å²) in [5, 5.41) is 20.1. The molecule has 2 aromatic rings. The van der Waals surface area contributed by atoms with Crippen LogP contribution >= 0.6 is 0 Å². The van der Waals surface area contributed by atoms with E-state index in [1.54, 1.807) is 31.4 Å². The zero-order valence-electron chi connectivity index (χ0n) is 15.4. The Bertz CT molecular complexity index is 957. The Hall–Kier alpha value is -2.79. The van der Waals surface area contributed by atoms with Crippen LogP contribution in [0, 0.1) is 0 Å². The first-order valence-electron chi connectivity index (χ1n) is 8.41. The molecule has 5 nitrogen and oxygen atoms in total. The Morgan fingerprint density at radius 2 is 1.92 bits per heavy atom. The van der Waals surface area contributed by atoms with Crippen LogP contribution in [0.1, 0.15) is 27.2 Å². The number of ether oxygens (including phenoxy) is 1. The predicted molar refractivity (Wildman–Crippen MR) is 102 cm³/mol. The average Bonchev–Trinajstić information content (AvgIpc) is 2.60. The number of aromatic hydroxyl groups is 1. The van der Waals surface area contributed by atoms with Gasteiger partial charge in [-0.3, -0.25) is 4.79 Å². The molecule has 2 N–H and O–H groups in total. The first-order valence-corrected chi connectivity index (χ1v) is 8.41. The zero-order valence-corrected chi connectivity index (χ0v) is 15.4. The van der Waals surface area contributed by atoms with Crippen molar-refractivity contribution in [2.24, 2.45) is 0 Å². The third-order valence-corrected chi connectivity index (χ3v) is 3.92. The summed E-state index contributed by atoms with van der Waals surface area (Å²) < 4.78 is 11.0. The van der Waals surface area contributed by atoms with Crippen molar-refractivity contribution in [3.05, 3.63) is 63.0 Å². The third-order valence-electron chi connectivity index (χ3n) is 3.92. The van der Waals surface area contributed by atoms with Gasteiger partial charge in [0.1, 0.15) is 12.0 Å². The number of benzene rings is 1. The molecule has 2 rings (SSSR count). The van der Waals surface area contributed by atoms with Crippen molar-refractivity contribution in [3.63, 3.8) is 0 Å². The molecular weight excluding hydrogens is 332 g/mol. The van der Waals surface area contributed by atoms with Gasteiger partial charge in [0.2, 0.25) is 0 Å². The van der Waals surface area contributed by atoms with E-state index in [1.807, 2.05) is 20.8 Å². The maximum atomic E-state index is 13.1. The summed E-state index contributed by atoms with van der Waals surface area (Å²) in [4.78, 5) is 13.1. The third kappa shape index (κ3) is 4.43. The fraction of sp³-hybridized carbons (Fsp3) is 0.286. The molecule has 0 saturated heterocycles. The van der Waals surface area contributed by atoms with Gasteiger partial charge >= 0.3 is 0 Å². The summed E-state index contributed by atoms with van der Waals surface area (Å²) in [7, 11) is 1.56. The zero-order chi connectivity index (χ0) is 19.3. The SMILES string of the molecule is CCC(/C=c1/c(=O)c(-c2ccc(O)cc2)co/c1=C(\O)C=C(C)C)OC. The van der Waals surface area contributed by atoms with Gasteiger partial charge in [0.15, 0.2) is 16.6 Å². The van der Waals surface area contributed by atoms with Gasteiger partial charge in [0.25, 0.3) is 0 Å². The van der Waals surface area contributed by atoms with E-state index >= 15 is 0 Å². The molecule has 5 heteroatoms. The van der Waals surface area contributed by atoms with E-state index in [0.717, 1.165) is 5.57 Å². The molecule has 26 heavy (non-hydrogen) atoms. The minimum absolute atomic E-state index is 0.106. The molecule has 0 saturated carbocycles. The van der Waals surface area contributed by atoms with Gasteiger partial charge in [-0.25, -0.2) is 0 Å². The molecule has 1 atom stereocenters. The lowest BCUT2D eigenvalue weighted by molar-refractivity contribution is 0.149. The van der Waals surface area contributed by atoms with Gasteiger partial charge in [-0.05, 0) is 50.1 Å². The molecule has 0 aliphatic carbocycles. The number of hydrogen-bond acceptors (Lipinski definition) is 5. The van der Waals surface area contributed by atoms with Crippen molar-refractivity contribution in [3.8, 4) is 16.9 Å². The lowest BCUT2D eigenvalue weighted by Gasteiger charge is -2.07. The first-order chi connectivity index (χ1) is 12.4. The highest BCUT2D eigenvalue weighted by Gasteiger charge is 2.11. The fourth-order valence-corrected chi connectivity index (χ4v) is 2.55. The number of rotatable bonds is 5. The summed E-state index contributed by atoms with van der Waals surface area (Å²) in [6.07, 6.45) is 4.92. The Morgan fingerprint density at radius 3 is 2.46 bits per heavy atom. The van der Waals surface area contributed by atoms with Crippen molar-refractivity contribution in [1.29, 1.82) is 0 Å². The molecule has 1 aromatic carbocycles. The molecule has 0 aliphatic rings. The van der Waals surface area contributed by atoms with Crippen LogP contribution in [0.25, 0.3) is 23.0 Å². The molecule has 1 unspecified atom stereocenters. The quantitative estimate of drug-likeness (QED) is 0.861. The minimum atomic E-state index is -0.286. The predicted octanol–water partition coefficient (Wildman–Crippen LogP) is 2.85. The van der Waals surface area contributed by atoms with E-state index in [4.69, 9.17) is 9.15 Å². The van der Waals surface area contributed by atoms with Gasteiger partial charge in [-0.15, -0.1) is 0 Å². The lowest BCUT2D eigenvalue weighted by Crippen LogP contribution is -2.42. The minimum Gasteiger partial charge on any atom is -0.508 e. The average molecular weight is 356 g/mol. The molecule has 0 aliphatic heterocycles. The number of hydrogen-bond donors (Lipinski definition) is 2. The van der Waals surface area contributed by atoms with Gasteiger partial charge in [0.05, 0.1) is 16.9 Å². The Morgan fingerprint density at radius 1 is 1.27 bits per heavy atom. The summed E-state index contributed by atoms with van der Waals surface area (Å²) >= 11 is 0. The Labute approximate surface area is 152 Å². The smallest absolute Gasteiger partial charge is 0.200 e. The molecule has 0 radical (unpaired) electrons. The van der Waals surface area contributed by atoms with Crippen LogP contribution < -0.4 is 16.1 Å².